The summed E-state index contributed by atoms with van der Waals surface area (Å²) in [6.45, 7) is 0. The summed E-state index contributed by atoms with van der Waals surface area (Å²) in [5.41, 5.74) is 61.3. The van der Waals surface area contributed by atoms with Crippen molar-refractivity contribution in [2.24, 2.45) is 0 Å². The van der Waals surface area contributed by atoms with Gasteiger partial charge in [-0.15, -0.1) is 0 Å². The van der Waals surface area contributed by atoms with Crippen LogP contribution >= 0.6 is 0 Å². The van der Waals surface area contributed by atoms with Gasteiger partial charge in [-0.3, -0.25) is 0 Å². The maximum atomic E-state index is 6.00. The molecule has 0 aliphatic heterocycles. The predicted octanol–water partition coefficient (Wildman–Crippen LogP) is 8.80. The molecule has 0 aromatic heterocycles. The Labute approximate surface area is 339 Å². The molecule has 0 saturated carbocycles. The normalized spacial score (nSPS) is 11.3. The van der Waals surface area contributed by atoms with Gasteiger partial charge in [0.2, 0.25) is 0 Å². The van der Waals surface area contributed by atoms with Crippen molar-refractivity contribution in [2.45, 2.75) is 10.8 Å². The molecule has 0 spiro atoms. The monoisotopic (exact) mass is 760 g/mol. The Morgan fingerprint density at radius 2 is 0.241 bits per heavy atom. The van der Waals surface area contributed by atoms with Crippen molar-refractivity contribution >= 4 is 45.5 Å². The number of hydrogen-bond donors (Lipinski definition) is 8. The fourth-order valence-corrected chi connectivity index (χ4v) is 7.86. The molecular weight excluding hydrogens is 713 g/mol. The maximum Gasteiger partial charge on any atom is 0.0701 e. The van der Waals surface area contributed by atoms with Crippen LogP contribution in [-0.2, 0) is 10.8 Å². The molecule has 0 heterocycles. The minimum Gasteiger partial charge on any atom is -0.399 e. The molecule has 0 amide bonds. The van der Waals surface area contributed by atoms with E-state index >= 15 is 0 Å². The molecule has 8 nitrogen and oxygen atoms in total. The van der Waals surface area contributed by atoms with Gasteiger partial charge in [-0.05, 0) is 142 Å². The number of nitrogen functional groups attached to an aromatic ring is 8. The third-order valence-corrected chi connectivity index (χ3v) is 10.7. The summed E-state index contributed by atoms with van der Waals surface area (Å²) in [5.74, 6) is 0. The third-order valence-electron chi connectivity index (χ3n) is 10.7. The fourth-order valence-electron chi connectivity index (χ4n) is 7.86. The van der Waals surface area contributed by atoms with Crippen LogP contribution in [0.2, 0.25) is 0 Å². The van der Waals surface area contributed by atoms with Crippen LogP contribution in [0, 0.1) is 0 Å². The largest absolute Gasteiger partial charge is 0.399 e. The molecule has 288 valence electrons. The van der Waals surface area contributed by atoms with E-state index in [9.17, 15) is 0 Å². The first-order valence-electron chi connectivity index (χ1n) is 18.9. The topological polar surface area (TPSA) is 208 Å². The molecule has 0 radical (unpaired) electrons. The highest BCUT2D eigenvalue weighted by Gasteiger charge is 2.39. The first-order chi connectivity index (χ1) is 28.0. The van der Waals surface area contributed by atoms with E-state index in [0.717, 1.165) is 90.0 Å². The first-order valence-corrected chi connectivity index (χ1v) is 18.9. The summed E-state index contributed by atoms with van der Waals surface area (Å²) in [6.07, 6.45) is 0. The van der Waals surface area contributed by atoms with Gasteiger partial charge in [0.1, 0.15) is 0 Å². The van der Waals surface area contributed by atoms with Crippen LogP contribution in [0.15, 0.2) is 194 Å². The highest BCUT2D eigenvalue weighted by atomic mass is 14.6. The van der Waals surface area contributed by atoms with Gasteiger partial charge in [-0.25, -0.2) is 0 Å². The summed E-state index contributed by atoms with van der Waals surface area (Å²) in [6, 6.07) is 63.9. The van der Waals surface area contributed by atoms with Crippen LogP contribution < -0.4 is 45.9 Å². The van der Waals surface area contributed by atoms with E-state index < -0.39 is 10.8 Å². The number of benzene rings is 8. The van der Waals surface area contributed by atoms with E-state index in [1.165, 1.54) is 0 Å². The molecule has 16 N–H and O–H groups in total. The molecule has 0 fully saturated rings. The maximum absolute atomic E-state index is 6.00. The van der Waals surface area contributed by atoms with Crippen molar-refractivity contribution in [3.8, 4) is 0 Å². The minimum atomic E-state index is -0.581. The molecule has 8 rings (SSSR count). The quantitative estimate of drug-likeness (QED) is 0.0553. The molecule has 8 heteroatoms. The number of nitrogens with two attached hydrogens (primary N) is 8. The summed E-state index contributed by atoms with van der Waals surface area (Å²) in [4.78, 5) is 0. The Hall–Kier alpha value is -7.84. The number of anilines is 8. The van der Waals surface area contributed by atoms with Gasteiger partial charge >= 0.3 is 0 Å². The minimum absolute atomic E-state index is 0.581. The Kier molecular flexibility index (Phi) is 10.7. The van der Waals surface area contributed by atoms with Crippen LogP contribution in [0.5, 0.6) is 0 Å². The molecule has 0 bridgehead atoms. The lowest BCUT2D eigenvalue weighted by atomic mass is 9.65. The van der Waals surface area contributed by atoms with Gasteiger partial charge < -0.3 is 45.9 Å². The number of rotatable bonds is 8. The van der Waals surface area contributed by atoms with Gasteiger partial charge in [-0.2, -0.15) is 0 Å². The Balaban J connectivity index is 0.000000177. The smallest absolute Gasteiger partial charge is 0.0701 e. The molecular formula is C50H48N8. The van der Waals surface area contributed by atoms with Crippen molar-refractivity contribution in [2.75, 3.05) is 45.9 Å². The van der Waals surface area contributed by atoms with Crippen LogP contribution in [0.1, 0.15) is 44.5 Å². The third kappa shape index (κ3) is 7.42. The van der Waals surface area contributed by atoms with E-state index in [1.54, 1.807) is 0 Å². The molecule has 8 aromatic rings. The SMILES string of the molecule is Nc1ccc(C(c2ccc(N)cc2)(c2ccc(N)cc2)c2ccc(N)cc2)cc1.Nc1ccc(C(c2ccc(N)cc2)(c2ccc(N)cc2)c2ccc(N)cc2)cc1. The second kappa shape index (κ2) is 16.1. The van der Waals surface area contributed by atoms with Crippen molar-refractivity contribution < 1.29 is 0 Å². The molecule has 0 aliphatic carbocycles. The highest BCUT2D eigenvalue weighted by Crippen LogP contribution is 2.47. The molecule has 0 saturated heterocycles. The van der Waals surface area contributed by atoms with Gasteiger partial charge in [0, 0.05) is 45.5 Å². The standard InChI is InChI=1S/2C25H24N4/c2*26-21-9-1-17(2-10-21)25(18-3-11-22(27)12-4-18,19-5-13-23(28)14-6-19)20-7-15-24(29)16-8-20/h2*1-16H,26-29H2. The summed E-state index contributed by atoms with van der Waals surface area (Å²) in [5, 5.41) is 0. The van der Waals surface area contributed by atoms with Crippen molar-refractivity contribution in [1.29, 1.82) is 0 Å². The van der Waals surface area contributed by atoms with E-state index in [4.69, 9.17) is 45.9 Å². The van der Waals surface area contributed by atoms with Crippen molar-refractivity contribution in [1.82, 2.24) is 0 Å². The predicted molar refractivity (Wildman–Crippen MR) is 245 cm³/mol. The Bertz CT molecular complexity index is 2010. The zero-order valence-corrected chi connectivity index (χ0v) is 32.1. The van der Waals surface area contributed by atoms with E-state index in [1.807, 2.05) is 97.1 Å². The molecule has 58 heavy (non-hydrogen) atoms. The molecule has 0 atom stereocenters. The highest BCUT2D eigenvalue weighted by molar-refractivity contribution is 5.66. The van der Waals surface area contributed by atoms with Crippen molar-refractivity contribution in [3.05, 3.63) is 239 Å². The second-order valence-electron chi connectivity index (χ2n) is 14.5. The van der Waals surface area contributed by atoms with E-state index in [-0.39, 0.29) is 0 Å². The molecule has 0 aliphatic rings. The number of hydrogen-bond acceptors (Lipinski definition) is 8. The first kappa shape index (κ1) is 38.4. The van der Waals surface area contributed by atoms with Crippen LogP contribution in [0.4, 0.5) is 45.5 Å². The zero-order chi connectivity index (χ0) is 40.9. The van der Waals surface area contributed by atoms with Gasteiger partial charge in [0.15, 0.2) is 0 Å². The van der Waals surface area contributed by atoms with Gasteiger partial charge in [-0.1, -0.05) is 97.1 Å². The second-order valence-corrected chi connectivity index (χ2v) is 14.5. The summed E-state index contributed by atoms with van der Waals surface area (Å²) in [7, 11) is 0. The van der Waals surface area contributed by atoms with E-state index in [0.29, 0.717) is 0 Å². The zero-order valence-electron chi connectivity index (χ0n) is 32.1. The van der Waals surface area contributed by atoms with Crippen LogP contribution in [0.3, 0.4) is 0 Å². The fraction of sp³-hybridized carbons (Fsp3) is 0.0400. The Morgan fingerprint density at radius 1 is 0.155 bits per heavy atom. The van der Waals surface area contributed by atoms with E-state index in [2.05, 4.69) is 97.1 Å². The van der Waals surface area contributed by atoms with Crippen LogP contribution in [0.25, 0.3) is 0 Å². The average Bonchev–Trinajstić information content (AvgIpc) is 3.23. The van der Waals surface area contributed by atoms with Crippen LogP contribution in [-0.4, -0.2) is 0 Å². The van der Waals surface area contributed by atoms with Gasteiger partial charge in [0.05, 0.1) is 10.8 Å². The molecule has 0 unspecified atom stereocenters. The lowest BCUT2D eigenvalue weighted by Crippen LogP contribution is -2.31. The Morgan fingerprint density at radius 3 is 0.328 bits per heavy atom. The van der Waals surface area contributed by atoms with Crippen molar-refractivity contribution in [3.63, 3.8) is 0 Å². The summed E-state index contributed by atoms with van der Waals surface area (Å²) < 4.78 is 0. The van der Waals surface area contributed by atoms with Gasteiger partial charge in [0.25, 0.3) is 0 Å². The summed E-state index contributed by atoms with van der Waals surface area (Å²) >= 11 is 0. The molecule has 8 aromatic carbocycles. The average molecular weight is 761 g/mol. The lowest BCUT2D eigenvalue weighted by molar-refractivity contribution is 0.746. The lowest BCUT2D eigenvalue weighted by Gasteiger charge is -2.37.